The van der Waals surface area contributed by atoms with Gasteiger partial charge in [-0.05, 0) is 32.0 Å². The number of benzene rings is 1. The van der Waals surface area contributed by atoms with Crippen LogP contribution in [-0.2, 0) is 20.7 Å². The highest BCUT2D eigenvalue weighted by molar-refractivity contribution is 9.10. The van der Waals surface area contributed by atoms with Crippen LogP contribution in [-0.4, -0.2) is 32.4 Å². The van der Waals surface area contributed by atoms with Crippen LogP contribution < -0.4 is 4.74 Å². The van der Waals surface area contributed by atoms with Crippen LogP contribution in [0.3, 0.4) is 0 Å². The van der Waals surface area contributed by atoms with Crippen LogP contribution in [0.2, 0.25) is 0 Å². The highest BCUT2D eigenvalue weighted by atomic mass is 79.9. The van der Waals surface area contributed by atoms with E-state index in [0.29, 0.717) is 19.0 Å². The highest BCUT2D eigenvalue weighted by Crippen LogP contribution is 2.24. The number of ether oxygens (including phenoxy) is 3. The summed E-state index contributed by atoms with van der Waals surface area (Å²) in [6, 6.07) is 5.56. The second kappa shape index (κ2) is 8.30. The summed E-state index contributed by atoms with van der Waals surface area (Å²) in [7, 11) is 1.58. The number of rotatable bonds is 8. The Balaban J connectivity index is 2.82. The average Bonchev–Trinajstić information content (AvgIpc) is 2.38. The van der Waals surface area contributed by atoms with Gasteiger partial charge in [0.15, 0.2) is 5.78 Å². The summed E-state index contributed by atoms with van der Waals surface area (Å²) in [5.41, 5.74) is 0.811. The Bertz CT molecular complexity index is 414. The number of carbonyl (C=O) groups excluding carboxylic acids is 1. The maximum absolute atomic E-state index is 12.2. The molecule has 0 aliphatic heterocycles. The Morgan fingerprint density at radius 3 is 2.42 bits per heavy atom. The predicted molar refractivity (Wildman–Crippen MR) is 76.4 cm³/mol. The summed E-state index contributed by atoms with van der Waals surface area (Å²) in [6.07, 6.45) is -0.591. The molecule has 106 valence electrons. The fourth-order valence-corrected chi connectivity index (χ4v) is 2.10. The molecule has 1 rings (SSSR count). The molecule has 5 heteroatoms. The van der Waals surface area contributed by atoms with Crippen molar-refractivity contribution in [2.24, 2.45) is 0 Å². The maximum atomic E-state index is 12.2. The third kappa shape index (κ3) is 4.93. The SMILES string of the molecule is CCOC(OCC)C(=O)Cc1cc(Br)ccc1OC. The number of halogens is 1. The van der Waals surface area contributed by atoms with Crippen molar-refractivity contribution < 1.29 is 19.0 Å². The summed E-state index contributed by atoms with van der Waals surface area (Å²) in [6.45, 7) is 4.54. The van der Waals surface area contributed by atoms with Gasteiger partial charge < -0.3 is 14.2 Å². The molecule has 1 aromatic rings. The minimum atomic E-state index is -0.807. The van der Waals surface area contributed by atoms with Crippen molar-refractivity contribution >= 4 is 21.7 Å². The van der Waals surface area contributed by atoms with Crippen molar-refractivity contribution in [2.45, 2.75) is 26.6 Å². The first-order valence-electron chi connectivity index (χ1n) is 6.20. The number of hydrogen-bond donors (Lipinski definition) is 0. The highest BCUT2D eigenvalue weighted by Gasteiger charge is 2.20. The molecule has 0 aromatic heterocycles. The second-order valence-electron chi connectivity index (χ2n) is 3.84. The minimum Gasteiger partial charge on any atom is -0.496 e. The van der Waals surface area contributed by atoms with Gasteiger partial charge in [0.1, 0.15) is 5.75 Å². The molecule has 0 unspecified atom stereocenters. The van der Waals surface area contributed by atoms with Crippen molar-refractivity contribution in [3.05, 3.63) is 28.2 Å². The first-order chi connectivity index (χ1) is 9.12. The number of carbonyl (C=O) groups is 1. The van der Waals surface area contributed by atoms with Gasteiger partial charge in [-0.15, -0.1) is 0 Å². The van der Waals surface area contributed by atoms with E-state index in [4.69, 9.17) is 14.2 Å². The molecule has 0 aliphatic carbocycles. The summed E-state index contributed by atoms with van der Waals surface area (Å²) < 4.78 is 16.7. The van der Waals surface area contributed by atoms with E-state index in [9.17, 15) is 4.79 Å². The van der Waals surface area contributed by atoms with Gasteiger partial charge in [-0.3, -0.25) is 4.79 Å². The third-order valence-corrected chi connectivity index (χ3v) is 3.00. The van der Waals surface area contributed by atoms with Crippen molar-refractivity contribution in [1.29, 1.82) is 0 Å². The zero-order chi connectivity index (χ0) is 14.3. The van der Waals surface area contributed by atoms with Crippen molar-refractivity contribution in [3.8, 4) is 5.75 Å². The normalized spacial score (nSPS) is 10.8. The topological polar surface area (TPSA) is 44.8 Å². The summed E-state index contributed by atoms with van der Waals surface area (Å²) in [5.74, 6) is 0.573. The number of ketones is 1. The molecule has 0 radical (unpaired) electrons. The molecule has 0 aliphatic rings. The lowest BCUT2D eigenvalue weighted by Gasteiger charge is -2.16. The molecule has 0 spiro atoms. The van der Waals surface area contributed by atoms with E-state index in [-0.39, 0.29) is 12.2 Å². The minimum absolute atomic E-state index is 0.111. The molecule has 0 saturated heterocycles. The van der Waals surface area contributed by atoms with Crippen LogP contribution in [0.15, 0.2) is 22.7 Å². The number of hydrogen-bond acceptors (Lipinski definition) is 4. The van der Waals surface area contributed by atoms with E-state index in [0.717, 1.165) is 10.0 Å². The second-order valence-corrected chi connectivity index (χ2v) is 4.76. The van der Waals surface area contributed by atoms with Crippen LogP contribution in [0.5, 0.6) is 5.75 Å². The summed E-state index contributed by atoms with van der Waals surface area (Å²) in [5, 5.41) is 0. The summed E-state index contributed by atoms with van der Waals surface area (Å²) >= 11 is 3.38. The quantitative estimate of drug-likeness (QED) is 0.687. The lowest BCUT2D eigenvalue weighted by molar-refractivity contribution is -0.167. The van der Waals surface area contributed by atoms with E-state index in [2.05, 4.69) is 15.9 Å². The van der Waals surface area contributed by atoms with Crippen LogP contribution >= 0.6 is 15.9 Å². The van der Waals surface area contributed by atoms with Crippen molar-refractivity contribution in [3.63, 3.8) is 0 Å². The summed E-state index contributed by atoms with van der Waals surface area (Å²) in [4.78, 5) is 12.2. The molecular weight excluding hydrogens is 312 g/mol. The number of methoxy groups -OCH3 is 1. The van der Waals surface area contributed by atoms with Crippen LogP contribution in [0.1, 0.15) is 19.4 Å². The predicted octanol–water partition coefficient (Wildman–Crippen LogP) is 2.97. The Kier molecular flexibility index (Phi) is 7.05. The monoisotopic (exact) mass is 330 g/mol. The van der Waals surface area contributed by atoms with Gasteiger partial charge in [-0.1, -0.05) is 15.9 Å². The molecule has 0 amide bonds. The largest absolute Gasteiger partial charge is 0.496 e. The molecule has 0 heterocycles. The van der Waals surface area contributed by atoms with Gasteiger partial charge >= 0.3 is 0 Å². The van der Waals surface area contributed by atoms with Gasteiger partial charge in [0.05, 0.1) is 7.11 Å². The van der Waals surface area contributed by atoms with E-state index in [1.54, 1.807) is 7.11 Å². The molecule has 0 atom stereocenters. The van der Waals surface area contributed by atoms with Gasteiger partial charge in [-0.25, -0.2) is 0 Å². The Labute approximate surface area is 122 Å². The first kappa shape index (κ1) is 16.1. The van der Waals surface area contributed by atoms with Crippen molar-refractivity contribution in [2.75, 3.05) is 20.3 Å². The van der Waals surface area contributed by atoms with Crippen molar-refractivity contribution in [1.82, 2.24) is 0 Å². The van der Waals surface area contributed by atoms with Crippen LogP contribution in [0.25, 0.3) is 0 Å². The molecule has 0 saturated carbocycles. The fourth-order valence-electron chi connectivity index (χ4n) is 1.69. The standard InChI is InChI=1S/C14H19BrO4/c1-4-18-14(19-5-2)12(16)9-10-8-11(15)6-7-13(10)17-3/h6-8,14H,4-5,9H2,1-3H3. The zero-order valence-corrected chi connectivity index (χ0v) is 13.0. The maximum Gasteiger partial charge on any atom is 0.218 e. The van der Waals surface area contributed by atoms with Crippen LogP contribution in [0, 0.1) is 0 Å². The van der Waals surface area contributed by atoms with Gasteiger partial charge in [0.2, 0.25) is 6.29 Å². The number of Topliss-reactive ketones (excluding diaryl/α,β-unsaturated/α-hetero) is 1. The lowest BCUT2D eigenvalue weighted by Crippen LogP contribution is -2.29. The molecule has 19 heavy (non-hydrogen) atoms. The van der Waals surface area contributed by atoms with Gasteiger partial charge in [-0.2, -0.15) is 0 Å². The first-order valence-corrected chi connectivity index (χ1v) is 7.00. The molecular formula is C14H19BrO4. The lowest BCUT2D eigenvalue weighted by atomic mass is 10.1. The Morgan fingerprint density at radius 1 is 1.26 bits per heavy atom. The molecule has 0 N–H and O–H groups in total. The third-order valence-electron chi connectivity index (χ3n) is 2.51. The van der Waals surface area contributed by atoms with E-state index in [1.165, 1.54) is 0 Å². The Morgan fingerprint density at radius 2 is 1.89 bits per heavy atom. The molecule has 4 nitrogen and oxygen atoms in total. The average molecular weight is 331 g/mol. The van der Waals surface area contributed by atoms with Crippen LogP contribution in [0.4, 0.5) is 0 Å². The smallest absolute Gasteiger partial charge is 0.218 e. The fraction of sp³-hybridized carbons (Fsp3) is 0.500. The van der Waals surface area contributed by atoms with E-state index >= 15 is 0 Å². The van der Waals surface area contributed by atoms with E-state index in [1.807, 2.05) is 32.0 Å². The molecule has 0 fully saturated rings. The molecule has 0 bridgehead atoms. The molecule has 1 aromatic carbocycles. The van der Waals surface area contributed by atoms with Gasteiger partial charge in [0.25, 0.3) is 0 Å². The Hall–Kier alpha value is -0.910. The zero-order valence-electron chi connectivity index (χ0n) is 11.4. The van der Waals surface area contributed by atoms with Gasteiger partial charge in [0, 0.05) is 29.7 Å². The van der Waals surface area contributed by atoms with E-state index < -0.39 is 6.29 Å².